The Hall–Kier alpha value is -2.03. The van der Waals surface area contributed by atoms with Crippen molar-refractivity contribution in [3.05, 3.63) is 53.4 Å². The van der Waals surface area contributed by atoms with Gasteiger partial charge in [0.15, 0.2) is 0 Å². The molecule has 4 saturated carbocycles. The van der Waals surface area contributed by atoms with Crippen molar-refractivity contribution >= 4 is 21.4 Å². The second-order valence-electron chi connectivity index (χ2n) is 19.7. The van der Waals surface area contributed by atoms with Gasteiger partial charge in [0.2, 0.25) is 0 Å². The van der Waals surface area contributed by atoms with E-state index in [1.54, 1.807) is 0 Å². The summed E-state index contributed by atoms with van der Waals surface area (Å²) in [6.07, 6.45) is 16.0. The number of carboxylic acids is 1. The Bertz CT molecular complexity index is 1750. The van der Waals surface area contributed by atoms with Gasteiger partial charge in [-0.2, -0.15) is 0 Å². The highest BCUT2D eigenvalue weighted by Gasteiger charge is 2.70. The van der Waals surface area contributed by atoms with Crippen LogP contribution in [0.4, 0.5) is 4.39 Å². The predicted molar refractivity (Wildman–Crippen MR) is 208 cm³/mol. The molecule has 1 aliphatic heterocycles. The number of piperidine rings is 1. The lowest BCUT2D eigenvalue weighted by molar-refractivity contribution is -0.219. The van der Waals surface area contributed by atoms with Crippen LogP contribution in [0.25, 0.3) is 5.57 Å². The number of benzene rings is 1. The van der Waals surface area contributed by atoms with Gasteiger partial charge in [0.05, 0.1) is 10.8 Å². The van der Waals surface area contributed by atoms with Gasteiger partial charge < -0.3 is 15.3 Å². The summed E-state index contributed by atoms with van der Waals surface area (Å²) in [5.74, 6) is 0.946. The van der Waals surface area contributed by atoms with Crippen molar-refractivity contribution in [1.29, 1.82) is 0 Å². The van der Waals surface area contributed by atoms with E-state index < -0.39 is 21.6 Å². The molecule has 7 rings (SSSR count). The van der Waals surface area contributed by atoms with Crippen LogP contribution in [0.5, 0.6) is 0 Å². The van der Waals surface area contributed by atoms with Crippen molar-refractivity contribution in [3.63, 3.8) is 0 Å². The first-order valence-corrected chi connectivity index (χ1v) is 22.3. The zero-order valence-electron chi connectivity index (χ0n) is 33.0. The minimum absolute atomic E-state index is 0.133. The lowest BCUT2D eigenvalue weighted by atomic mass is 9.33. The Morgan fingerprint density at radius 1 is 0.962 bits per heavy atom. The van der Waals surface area contributed by atoms with Crippen molar-refractivity contribution in [2.24, 2.45) is 51.2 Å². The van der Waals surface area contributed by atoms with E-state index in [2.05, 4.69) is 64.4 Å². The van der Waals surface area contributed by atoms with Gasteiger partial charge in [0, 0.05) is 24.9 Å². The number of nitrogens with zero attached hydrogens (tertiary/aromatic N) is 1. The van der Waals surface area contributed by atoms with Crippen LogP contribution >= 0.6 is 0 Å². The summed E-state index contributed by atoms with van der Waals surface area (Å²) in [4.78, 5) is 14.0. The van der Waals surface area contributed by atoms with E-state index in [-0.39, 0.29) is 38.0 Å². The van der Waals surface area contributed by atoms with Crippen LogP contribution in [0.2, 0.25) is 0 Å². The van der Waals surface area contributed by atoms with Crippen molar-refractivity contribution in [3.8, 4) is 0 Å². The second kappa shape index (κ2) is 13.0. The van der Waals surface area contributed by atoms with Crippen LogP contribution in [0, 0.1) is 57.1 Å². The van der Waals surface area contributed by atoms with Gasteiger partial charge in [-0.25, -0.2) is 17.6 Å². The van der Waals surface area contributed by atoms with Crippen molar-refractivity contribution in [2.75, 3.05) is 32.4 Å². The van der Waals surface area contributed by atoms with E-state index >= 15 is 0 Å². The van der Waals surface area contributed by atoms with E-state index in [0.29, 0.717) is 29.6 Å². The molecule has 1 aromatic carbocycles. The minimum Gasteiger partial charge on any atom is -0.478 e. The maximum absolute atomic E-state index is 14.9. The van der Waals surface area contributed by atoms with Crippen molar-refractivity contribution in [2.45, 2.75) is 123 Å². The molecule has 5 fully saturated rings. The number of aromatic carboxylic acids is 1. The molecule has 6 nitrogen and oxygen atoms in total. The molecule has 52 heavy (non-hydrogen) atoms. The fourth-order valence-corrected chi connectivity index (χ4v) is 15.5. The fraction of sp³-hybridized carbons (Fsp3) is 0.750. The highest BCUT2D eigenvalue weighted by molar-refractivity contribution is 7.91. The maximum Gasteiger partial charge on any atom is 0.338 e. The third-order valence-corrected chi connectivity index (χ3v) is 18.9. The van der Waals surface area contributed by atoms with Crippen LogP contribution in [-0.2, 0) is 9.84 Å². The number of fused-ring (bicyclic) bond motifs is 7. The molecule has 1 heterocycles. The topological polar surface area (TPSA) is 86.7 Å². The molecule has 9 atom stereocenters. The van der Waals surface area contributed by atoms with Crippen LogP contribution in [0.3, 0.4) is 0 Å². The summed E-state index contributed by atoms with van der Waals surface area (Å²) in [5, 5.41) is 13.5. The van der Waals surface area contributed by atoms with Crippen LogP contribution in [0.1, 0.15) is 128 Å². The molecular formula is C44H65FN2O4S. The quantitative estimate of drug-likeness (QED) is 0.259. The number of carbonyl (C=O) groups is 1. The number of sulfone groups is 1. The smallest absolute Gasteiger partial charge is 0.338 e. The number of rotatable bonds is 8. The first-order valence-electron chi connectivity index (χ1n) is 20.3. The van der Waals surface area contributed by atoms with Gasteiger partial charge in [-0.3, -0.25) is 0 Å². The third kappa shape index (κ3) is 5.81. The summed E-state index contributed by atoms with van der Waals surface area (Å²) < 4.78 is 39.2. The zero-order chi connectivity index (χ0) is 37.6. The molecule has 6 aliphatic rings. The van der Waals surface area contributed by atoms with Gasteiger partial charge in [0.1, 0.15) is 15.7 Å². The Labute approximate surface area is 313 Å². The summed E-state index contributed by atoms with van der Waals surface area (Å²) in [5.41, 5.74) is 3.63. The standard InChI is InChI=1S/C44H65FN2O4S/c1-28(2)31-13-20-44(46-23-26-47-24-16-30(17-25-47)52(8,50)51)22-21-42(6)34(38(31)44)11-12-37-41(5)18-14-33(29-9-10-32(39(48)49)35(45)27-29)40(3,4)36(41)15-19-43(37,42)7/h9-10,14,27,30-31,34,36-38,46H,1,11-13,15-26H2,2-8H3,(H,48,49)/t31-,34+,36-,37+,38+,41-,42+,43+,44-/m0/s1. The fourth-order valence-electron chi connectivity index (χ4n) is 14.4. The Morgan fingerprint density at radius 3 is 2.31 bits per heavy atom. The number of nitrogens with one attached hydrogen (secondary N) is 1. The van der Waals surface area contributed by atoms with E-state index in [1.165, 1.54) is 68.9 Å². The van der Waals surface area contributed by atoms with Crippen molar-refractivity contribution < 1.29 is 22.7 Å². The Kier molecular flexibility index (Phi) is 9.59. The molecular weight excluding hydrogens is 672 g/mol. The molecule has 288 valence electrons. The summed E-state index contributed by atoms with van der Waals surface area (Å²) in [6, 6.07) is 4.69. The monoisotopic (exact) mass is 736 g/mol. The van der Waals surface area contributed by atoms with Crippen LogP contribution in [-0.4, -0.2) is 67.6 Å². The van der Waals surface area contributed by atoms with E-state index in [4.69, 9.17) is 0 Å². The lowest BCUT2D eigenvalue weighted by Gasteiger charge is -2.72. The molecule has 2 N–H and O–H groups in total. The maximum atomic E-state index is 14.9. The van der Waals surface area contributed by atoms with Gasteiger partial charge in [-0.1, -0.05) is 58.9 Å². The van der Waals surface area contributed by atoms with Crippen LogP contribution < -0.4 is 5.32 Å². The molecule has 0 unspecified atom stereocenters. The number of hydrogen-bond acceptors (Lipinski definition) is 5. The molecule has 1 saturated heterocycles. The zero-order valence-corrected chi connectivity index (χ0v) is 33.8. The first kappa shape index (κ1) is 38.3. The average Bonchev–Trinajstić information content (AvgIpc) is 3.44. The van der Waals surface area contributed by atoms with Gasteiger partial charge >= 0.3 is 5.97 Å². The summed E-state index contributed by atoms with van der Waals surface area (Å²) in [6.45, 7) is 23.2. The summed E-state index contributed by atoms with van der Waals surface area (Å²) in [7, 11) is -2.96. The molecule has 0 radical (unpaired) electrons. The van der Waals surface area contributed by atoms with Crippen molar-refractivity contribution in [1.82, 2.24) is 10.2 Å². The van der Waals surface area contributed by atoms with E-state index in [9.17, 15) is 22.7 Å². The van der Waals surface area contributed by atoms with Crippen LogP contribution in [0.15, 0.2) is 36.4 Å². The van der Waals surface area contributed by atoms with Gasteiger partial charge in [-0.05, 0) is 165 Å². The van der Waals surface area contributed by atoms with E-state index in [0.717, 1.165) is 63.0 Å². The average molecular weight is 737 g/mol. The summed E-state index contributed by atoms with van der Waals surface area (Å²) >= 11 is 0. The molecule has 8 heteroatoms. The largest absolute Gasteiger partial charge is 0.478 e. The molecule has 0 spiro atoms. The predicted octanol–water partition coefficient (Wildman–Crippen LogP) is 9.03. The lowest BCUT2D eigenvalue weighted by Crippen LogP contribution is -2.68. The Balaban J connectivity index is 1.13. The Morgan fingerprint density at radius 2 is 1.67 bits per heavy atom. The second-order valence-corrected chi connectivity index (χ2v) is 22.0. The van der Waals surface area contributed by atoms with E-state index in [1.807, 2.05) is 6.07 Å². The highest BCUT2D eigenvalue weighted by Crippen LogP contribution is 2.76. The number of carboxylic acid groups (broad SMARTS) is 1. The number of allylic oxidation sites excluding steroid dienone is 3. The highest BCUT2D eigenvalue weighted by atomic mass is 32.2. The molecule has 0 bridgehead atoms. The molecule has 1 aromatic rings. The number of halogens is 1. The molecule has 5 aliphatic carbocycles. The third-order valence-electron chi connectivity index (χ3n) is 17.2. The van der Waals surface area contributed by atoms with Gasteiger partial charge in [0.25, 0.3) is 0 Å². The minimum atomic E-state index is -2.96. The molecule has 0 amide bonds. The van der Waals surface area contributed by atoms with Gasteiger partial charge in [-0.15, -0.1) is 0 Å². The molecule has 0 aromatic heterocycles. The number of hydrogen-bond donors (Lipinski definition) is 2. The normalized spacial score (nSPS) is 40.5. The number of likely N-dealkylation sites (tertiary alicyclic amines) is 1. The first-order chi connectivity index (χ1) is 24.3. The SMILES string of the molecule is C=C(C)[C@@H]1CC[C@]2(NCCN3CCC(S(C)(=O)=O)CC3)CC[C@]3(C)[C@H](CC[C@@H]4[C@@]5(C)CC=C(c6ccc(C(=O)O)c(F)c6)C(C)(C)[C@@H]5CC[C@]43C)[C@@H]12.